The molecule has 2 aromatic carbocycles. The average molecular weight is 517 g/mol. The van der Waals surface area contributed by atoms with E-state index < -0.39 is 10.0 Å². The highest BCUT2D eigenvalue weighted by Crippen LogP contribution is 2.30. The molecular weight excluding hydrogens is 495 g/mol. The SMILES string of the molecule is Cc1cc(S(=O)(=O)Nc2ccc(Nc3ccc(-n4nc(C)c(C)c4C)nn3)cc2)c(Cl)cc1Cl. The van der Waals surface area contributed by atoms with E-state index >= 15 is 0 Å². The lowest BCUT2D eigenvalue weighted by molar-refractivity contribution is 0.601. The molecule has 8 nitrogen and oxygen atoms in total. The predicted molar refractivity (Wildman–Crippen MR) is 135 cm³/mol. The van der Waals surface area contributed by atoms with Crippen molar-refractivity contribution in [1.29, 1.82) is 0 Å². The van der Waals surface area contributed by atoms with Gasteiger partial charge < -0.3 is 5.32 Å². The van der Waals surface area contributed by atoms with Crippen molar-refractivity contribution in [1.82, 2.24) is 20.0 Å². The van der Waals surface area contributed by atoms with Crippen LogP contribution in [0, 0.1) is 27.7 Å². The summed E-state index contributed by atoms with van der Waals surface area (Å²) >= 11 is 12.1. The van der Waals surface area contributed by atoms with Crippen molar-refractivity contribution in [2.75, 3.05) is 10.0 Å². The standard InChI is InChI=1S/C23H22Cl2N6O2S/c1-13-11-21(20(25)12-19(13)24)34(32,33)30-18-7-5-17(6-8-18)26-22-9-10-23(28-27-22)31-16(4)14(2)15(3)29-31/h5-12,30H,1-4H3,(H,26,27). The van der Waals surface area contributed by atoms with Gasteiger partial charge >= 0.3 is 0 Å². The molecular formula is C23H22Cl2N6O2S. The minimum Gasteiger partial charge on any atom is -0.339 e. The molecule has 0 unspecified atom stereocenters. The number of benzene rings is 2. The number of sulfonamides is 1. The van der Waals surface area contributed by atoms with Gasteiger partial charge in [0.25, 0.3) is 10.0 Å². The second-order valence-electron chi connectivity index (χ2n) is 7.82. The Hall–Kier alpha value is -3.14. The van der Waals surface area contributed by atoms with Crippen LogP contribution in [0.4, 0.5) is 17.2 Å². The first-order valence-corrected chi connectivity index (χ1v) is 12.5. The molecule has 176 valence electrons. The fourth-order valence-corrected chi connectivity index (χ4v) is 5.16. The smallest absolute Gasteiger partial charge is 0.263 e. The second kappa shape index (κ2) is 9.25. The molecule has 0 aliphatic carbocycles. The number of aromatic nitrogens is 4. The minimum atomic E-state index is -3.88. The molecule has 0 spiro atoms. The highest BCUT2D eigenvalue weighted by Gasteiger charge is 2.19. The maximum Gasteiger partial charge on any atom is 0.263 e. The monoisotopic (exact) mass is 516 g/mol. The van der Waals surface area contributed by atoms with Crippen LogP contribution in [0.5, 0.6) is 0 Å². The van der Waals surface area contributed by atoms with Crippen LogP contribution in [0.25, 0.3) is 5.82 Å². The van der Waals surface area contributed by atoms with Gasteiger partial charge in [0.2, 0.25) is 0 Å². The van der Waals surface area contributed by atoms with E-state index in [0.717, 1.165) is 17.0 Å². The fourth-order valence-electron chi connectivity index (χ4n) is 3.26. The molecule has 0 fully saturated rings. The zero-order valence-electron chi connectivity index (χ0n) is 18.9. The largest absolute Gasteiger partial charge is 0.339 e. The van der Waals surface area contributed by atoms with Gasteiger partial charge in [-0.05, 0) is 87.4 Å². The summed E-state index contributed by atoms with van der Waals surface area (Å²) in [5.74, 6) is 1.17. The van der Waals surface area contributed by atoms with E-state index in [-0.39, 0.29) is 9.92 Å². The summed E-state index contributed by atoms with van der Waals surface area (Å²) in [6.45, 7) is 7.68. The zero-order valence-corrected chi connectivity index (χ0v) is 21.2. The van der Waals surface area contributed by atoms with Crippen molar-refractivity contribution in [2.45, 2.75) is 32.6 Å². The summed E-state index contributed by atoms with van der Waals surface area (Å²) in [5, 5.41) is 16.6. The van der Waals surface area contributed by atoms with Gasteiger partial charge in [0, 0.05) is 22.1 Å². The fraction of sp³-hybridized carbons (Fsp3) is 0.174. The van der Waals surface area contributed by atoms with Gasteiger partial charge in [0.05, 0.1) is 10.7 Å². The average Bonchev–Trinajstić information content (AvgIpc) is 3.05. The Morgan fingerprint density at radius 1 is 0.853 bits per heavy atom. The first-order chi connectivity index (χ1) is 16.0. The Labute approximate surface area is 208 Å². The van der Waals surface area contributed by atoms with Crippen LogP contribution in [0.3, 0.4) is 0 Å². The van der Waals surface area contributed by atoms with Crippen molar-refractivity contribution in [2.24, 2.45) is 0 Å². The van der Waals surface area contributed by atoms with Crippen LogP contribution in [-0.4, -0.2) is 28.4 Å². The Bertz CT molecular complexity index is 1470. The number of hydrogen-bond donors (Lipinski definition) is 2. The normalized spacial score (nSPS) is 11.5. The van der Waals surface area contributed by atoms with Gasteiger partial charge in [-0.1, -0.05) is 23.2 Å². The molecule has 2 N–H and O–H groups in total. The summed E-state index contributed by atoms with van der Waals surface area (Å²) in [4.78, 5) is -0.0357. The highest BCUT2D eigenvalue weighted by molar-refractivity contribution is 7.92. The van der Waals surface area contributed by atoms with E-state index in [4.69, 9.17) is 23.2 Å². The second-order valence-corrected chi connectivity index (χ2v) is 10.3. The predicted octanol–water partition coefficient (Wildman–Crippen LogP) is 5.75. The molecule has 0 radical (unpaired) electrons. The number of nitrogens with zero attached hydrogens (tertiary/aromatic N) is 4. The topological polar surface area (TPSA) is 102 Å². The van der Waals surface area contributed by atoms with Gasteiger partial charge in [-0.3, -0.25) is 4.72 Å². The van der Waals surface area contributed by atoms with Crippen LogP contribution in [0.2, 0.25) is 10.0 Å². The Balaban J connectivity index is 1.47. The first kappa shape index (κ1) is 24.0. The molecule has 11 heteroatoms. The molecule has 2 aromatic heterocycles. The number of aryl methyl sites for hydroxylation is 2. The van der Waals surface area contributed by atoms with E-state index in [0.29, 0.717) is 33.6 Å². The number of rotatable bonds is 6. The molecule has 0 saturated heterocycles. The summed E-state index contributed by atoms with van der Waals surface area (Å²) < 4.78 is 29.8. The summed E-state index contributed by atoms with van der Waals surface area (Å²) in [6, 6.07) is 13.2. The minimum absolute atomic E-state index is 0.0357. The first-order valence-electron chi connectivity index (χ1n) is 10.3. The maximum absolute atomic E-state index is 12.8. The highest BCUT2D eigenvalue weighted by atomic mass is 35.5. The maximum atomic E-state index is 12.8. The lowest BCUT2D eigenvalue weighted by atomic mass is 10.2. The Morgan fingerprint density at radius 3 is 2.12 bits per heavy atom. The van der Waals surface area contributed by atoms with Gasteiger partial charge in [0.15, 0.2) is 11.6 Å². The van der Waals surface area contributed by atoms with Crippen LogP contribution in [0.15, 0.2) is 53.4 Å². The van der Waals surface area contributed by atoms with Gasteiger partial charge in [-0.2, -0.15) is 5.10 Å². The van der Waals surface area contributed by atoms with E-state index in [9.17, 15) is 8.42 Å². The van der Waals surface area contributed by atoms with Crippen LogP contribution in [0.1, 0.15) is 22.5 Å². The third-order valence-electron chi connectivity index (χ3n) is 5.43. The summed E-state index contributed by atoms with van der Waals surface area (Å²) in [7, 11) is -3.88. The van der Waals surface area contributed by atoms with Crippen molar-refractivity contribution in [3.8, 4) is 5.82 Å². The van der Waals surface area contributed by atoms with Gasteiger partial charge in [0.1, 0.15) is 4.90 Å². The molecule has 0 amide bonds. The molecule has 0 aliphatic rings. The Kier molecular flexibility index (Phi) is 6.53. The van der Waals surface area contributed by atoms with E-state index in [1.165, 1.54) is 12.1 Å². The number of anilines is 3. The molecule has 4 aromatic rings. The summed E-state index contributed by atoms with van der Waals surface area (Å²) in [6.07, 6.45) is 0. The lowest BCUT2D eigenvalue weighted by Gasteiger charge is -2.12. The molecule has 0 saturated carbocycles. The third-order valence-corrected chi connectivity index (χ3v) is 7.69. The lowest BCUT2D eigenvalue weighted by Crippen LogP contribution is -2.13. The summed E-state index contributed by atoms with van der Waals surface area (Å²) in [5.41, 5.74) is 4.80. The van der Waals surface area contributed by atoms with E-state index in [1.54, 1.807) is 41.9 Å². The van der Waals surface area contributed by atoms with Crippen LogP contribution < -0.4 is 10.0 Å². The van der Waals surface area contributed by atoms with E-state index in [2.05, 4.69) is 25.3 Å². The van der Waals surface area contributed by atoms with Crippen LogP contribution in [-0.2, 0) is 10.0 Å². The van der Waals surface area contributed by atoms with Crippen molar-refractivity contribution in [3.05, 3.63) is 81.1 Å². The molecule has 0 atom stereocenters. The van der Waals surface area contributed by atoms with Crippen molar-refractivity contribution < 1.29 is 8.42 Å². The molecule has 0 aliphatic heterocycles. The molecule has 4 rings (SSSR count). The number of halogens is 2. The van der Waals surface area contributed by atoms with Gasteiger partial charge in [-0.25, -0.2) is 13.1 Å². The molecule has 0 bridgehead atoms. The van der Waals surface area contributed by atoms with Crippen molar-refractivity contribution in [3.63, 3.8) is 0 Å². The van der Waals surface area contributed by atoms with Crippen molar-refractivity contribution >= 4 is 50.4 Å². The molecule has 2 heterocycles. The van der Waals surface area contributed by atoms with Gasteiger partial charge in [-0.15, -0.1) is 10.2 Å². The third kappa shape index (κ3) is 4.86. The van der Waals surface area contributed by atoms with E-state index in [1.807, 2.05) is 26.8 Å². The number of nitrogens with one attached hydrogen (secondary N) is 2. The zero-order chi connectivity index (χ0) is 24.6. The molecule has 34 heavy (non-hydrogen) atoms. The quantitative estimate of drug-likeness (QED) is 0.338. The van der Waals surface area contributed by atoms with Crippen LogP contribution >= 0.6 is 23.2 Å². The Morgan fingerprint density at radius 2 is 1.53 bits per heavy atom. The number of hydrogen-bond acceptors (Lipinski definition) is 6.